The van der Waals surface area contributed by atoms with Gasteiger partial charge in [-0.25, -0.2) is 0 Å². The third kappa shape index (κ3) is 1.86. The fourth-order valence-corrected chi connectivity index (χ4v) is 7.91. The third-order valence-corrected chi connectivity index (χ3v) is 9.19. The van der Waals surface area contributed by atoms with Crippen LogP contribution in [0.3, 0.4) is 0 Å². The summed E-state index contributed by atoms with van der Waals surface area (Å²) in [4.78, 5) is 13.1. The molecule has 0 heterocycles. The van der Waals surface area contributed by atoms with Crippen molar-refractivity contribution in [1.29, 1.82) is 0 Å². The lowest BCUT2D eigenvalue weighted by Crippen LogP contribution is -2.54. The Morgan fingerprint density at radius 1 is 1.04 bits per heavy atom. The van der Waals surface area contributed by atoms with Gasteiger partial charge in [0.2, 0.25) is 0 Å². The van der Waals surface area contributed by atoms with E-state index in [4.69, 9.17) is 4.74 Å². The molecule has 0 amide bonds. The monoisotopic (exact) mass is 352 g/mol. The SMILES string of the molecule is CCOc1ccc2c(c1)CCC1C3CC[C@@]4(C)CCC(=O)[C@@]34CC[C@]21C. The van der Waals surface area contributed by atoms with Crippen molar-refractivity contribution in [1.82, 2.24) is 0 Å². The number of fused-ring (bicyclic) bond motifs is 4. The van der Waals surface area contributed by atoms with Crippen LogP contribution in [0.1, 0.15) is 76.8 Å². The maximum atomic E-state index is 13.1. The molecule has 4 aliphatic carbocycles. The Bertz CT molecular complexity index is 767. The second-order valence-corrected chi connectivity index (χ2v) is 9.91. The molecule has 0 aromatic heterocycles. The lowest BCUT2D eigenvalue weighted by molar-refractivity contribution is -0.139. The molecule has 140 valence electrons. The van der Waals surface area contributed by atoms with Crippen LogP contribution in [0.25, 0.3) is 0 Å². The van der Waals surface area contributed by atoms with Gasteiger partial charge in [-0.2, -0.15) is 0 Å². The largest absolute Gasteiger partial charge is 0.494 e. The van der Waals surface area contributed by atoms with Crippen molar-refractivity contribution >= 4 is 5.78 Å². The van der Waals surface area contributed by atoms with Gasteiger partial charge < -0.3 is 4.74 Å². The molecular formula is C24H32O2. The Kier molecular flexibility index (Phi) is 3.47. The fraction of sp³-hybridized carbons (Fsp3) is 0.708. The maximum Gasteiger partial charge on any atom is 0.139 e. The average molecular weight is 353 g/mol. The number of Topliss-reactive ketones (excluding diaryl/α,β-unsaturated/α-hetero) is 1. The first-order chi connectivity index (χ1) is 12.4. The number of ketones is 1. The molecule has 1 aromatic rings. The average Bonchev–Trinajstić information content (AvgIpc) is 3.06. The van der Waals surface area contributed by atoms with Crippen LogP contribution < -0.4 is 4.74 Å². The summed E-state index contributed by atoms with van der Waals surface area (Å²) in [5, 5.41) is 0. The zero-order valence-corrected chi connectivity index (χ0v) is 16.6. The molecule has 2 nitrogen and oxygen atoms in total. The van der Waals surface area contributed by atoms with Gasteiger partial charge in [-0.15, -0.1) is 0 Å². The van der Waals surface area contributed by atoms with Crippen molar-refractivity contribution in [3.05, 3.63) is 29.3 Å². The number of carbonyl (C=O) groups excluding carboxylic acids is 1. The summed E-state index contributed by atoms with van der Waals surface area (Å²) in [6.07, 6.45) is 9.21. The maximum absolute atomic E-state index is 13.1. The second-order valence-electron chi connectivity index (χ2n) is 9.91. The molecule has 2 unspecified atom stereocenters. The molecule has 1 spiro atoms. The highest BCUT2D eigenvalue weighted by atomic mass is 16.5. The molecule has 0 aliphatic heterocycles. The second kappa shape index (κ2) is 5.36. The number of hydrogen-bond donors (Lipinski definition) is 0. The van der Waals surface area contributed by atoms with E-state index in [1.165, 1.54) is 31.2 Å². The Balaban J connectivity index is 1.56. The summed E-state index contributed by atoms with van der Waals surface area (Å²) in [7, 11) is 0. The van der Waals surface area contributed by atoms with Gasteiger partial charge in [-0.3, -0.25) is 4.79 Å². The van der Waals surface area contributed by atoms with E-state index in [1.54, 1.807) is 5.56 Å². The highest BCUT2D eigenvalue weighted by Gasteiger charge is 2.69. The quantitative estimate of drug-likeness (QED) is 0.706. The van der Waals surface area contributed by atoms with Gasteiger partial charge in [0, 0.05) is 11.8 Å². The summed E-state index contributed by atoms with van der Waals surface area (Å²) < 4.78 is 5.75. The van der Waals surface area contributed by atoms with Crippen LogP contribution in [0.4, 0.5) is 0 Å². The van der Waals surface area contributed by atoms with Crippen LogP contribution in [0.2, 0.25) is 0 Å². The molecule has 5 atom stereocenters. The standard InChI is InChI=1S/C24H32O2/c1-4-26-17-6-8-18-16(15-17)5-7-19-20-9-11-22(2)12-10-21(25)24(20,22)14-13-23(18,19)3/h6,8,15,19-20H,4-5,7,9-14H2,1-3H3/t19?,20?,22-,23+,24+/m0/s1. The minimum Gasteiger partial charge on any atom is -0.494 e. The van der Waals surface area contributed by atoms with Crippen molar-refractivity contribution in [3.8, 4) is 5.75 Å². The van der Waals surface area contributed by atoms with Crippen molar-refractivity contribution < 1.29 is 9.53 Å². The van der Waals surface area contributed by atoms with Crippen molar-refractivity contribution in [2.45, 2.75) is 77.6 Å². The van der Waals surface area contributed by atoms with Gasteiger partial charge >= 0.3 is 0 Å². The first kappa shape index (κ1) is 16.8. The van der Waals surface area contributed by atoms with Crippen LogP contribution >= 0.6 is 0 Å². The van der Waals surface area contributed by atoms with Crippen LogP contribution in [0.5, 0.6) is 5.75 Å². The highest BCUT2D eigenvalue weighted by molar-refractivity contribution is 5.89. The molecule has 2 heteroatoms. The molecular weight excluding hydrogens is 320 g/mol. The predicted octanol–water partition coefficient (Wildman–Crippen LogP) is 5.46. The Hall–Kier alpha value is -1.31. The number of aryl methyl sites for hydroxylation is 1. The molecule has 5 rings (SSSR count). The fourth-order valence-electron chi connectivity index (χ4n) is 7.91. The third-order valence-electron chi connectivity index (χ3n) is 9.19. The number of hydrogen-bond acceptors (Lipinski definition) is 2. The molecule has 26 heavy (non-hydrogen) atoms. The number of ether oxygens (including phenoxy) is 1. The molecule has 0 radical (unpaired) electrons. The van der Waals surface area contributed by atoms with E-state index in [9.17, 15) is 4.79 Å². The lowest BCUT2D eigenvalue weighted by atomic mass is 9.46. The topological polar surface area (TPSA) is 26.3 Å². The van der Waals surface area contributed by atoms with Crippen LogP contribution in [0, 0.1) is 22.7 Å². The first-order valence-electron chi connectivity index (χ1n) is 10.7. The van der Waals surface area contributed by atoms with Crippen LogP contribution in [0.15, 0.2) is 18.2 Å². The predicted molar refractivity (Wildman–Crippen MR) is 104 cm³/mol. The van der Waals surface area contributed by atoms with E-state index >= 15 is 0 Å². The molecule has 3 saturated carbocycles. The van der Waals surface area contributed by atoms with Gasteiger partial charge in [0.15, 0.2) is 0 Å². The van der Waals surface area contributed by atoms with Crippen molar-refractivity contribution in [3.63, 3.8) is 0 Å². The van der Waals surface area contributed by atoms with Gasteiger partial charge in [0.1, 0.15) is 11.5 Å². The van der Waals surface area contributed by atoms with E-state index < -0.39 is 0 Å². The summed E-state index contributed by atoms with van der Waals surface area (Å²) in [6, 6.07) is 6.79. The van der Waals surface area contributed by atoms with Crippen molar-refractivity contribution in [2.75, 3.05) is 6.61 Å². The molecule has 1 aromatic carbocycles. The van der Waals surface area contributed by atoms with E-state index in [0.717, 1.165) is 38.0 Å². The van der Waals surface area contributed by atoms with Crippen molar-refractivity contribution in [2.24, 2.45) is 22.7 Å². The van der Waals surface area contributed by atoms with Gasteiger partial charge in [-0.1, -0.05) is 19.9 Å². The minimum absolute atomic E-state index is 0.0138. The first-order valence-corrected chi connectivity index (χ1v) is 10.7. The summed E-state index contributed by atoms with van der Waals surface area (Å²) in [5.74, 6) is 2.91. The van der Waals surface area contributed by atoms with E-state index in [2.05, 4.69) is 32.0 Å². The molecule has 0 N–H and O–H groups in total. The van der Waals surface area contributed by atoms with E-state index in [0.29, 0.717) is 17.6 Å². The minimum atomic E-state index is 0.0138. The Morgan fingerprint density at radius 3 is 2.69 bits per heavy atom. The number of carbonyl (C=O) groups is 1. The van der Waals surface area contributed by atoms with Gasteiger partial charge in [-0.05, 0) is 97.8 Å². The normalized spacial score (nSPS) is 43.4. The van der Waals surface area contributed by atoms with Gasteiger partial charge in [0.25, 0.3) is 0 Å². The molecule has 3 fully saturated rings. The Morgan fingerprint density at radius 2 is 1.88 bits per heavy atom. The number of benzene rings is 1. The summed E-state index contributed by atoms with van der Waals surface area (Å²) in [6.45, 7) is 7.71. The van der Waals surface area contributed by atoms with Crippen LogP contribution in [-0.4, -0.2) is 12.4 Å². The van der Waals surface area contributed by atoms with Crippen LogP contribution in [-0.2, 0) is 16.6 Å². The summed E-state index contributed by atoms with van der Waals surface area (Å²) in [5.41, 5.74) is 3.58. The van der Waals surface area contributed by atoms with E-state index in [1.807, 2.05) is 6.92 Å². The molecule has 4 aliphatic rings. The number of rotatable bonds is 2. The lowest BCUT2D eigenvalue weighted by Gasteiger charge is -2.57. The Labute approximate surface area is 157 Å². The highest BCUT2D eigenvalue weighted by Crippen LogP contribution is 2.73. The van der Waals surface area contributed by atoms with E-state index in [-0.39, 0.29) is 16.2 Å². The zero-order valence-electron chi connectivity index (χ0n) is 16.6. The summed E-state index contributed by atoms with van der Waals surface area (Å²) >= 11 is 0. The molecule has 0 bridgehead atoms. The molecule has 0 saturated heterocycles. The zero-order chi connectivity index (χ0) is 18.2. The smallest absolute Gasteiger partial charge is 0.139 e. The van der Waals surface area contributed by atoms with Gasteiger partial charge in [0.05, 0.1) is 6.61 Å².